The summed E-state index contributed by atoms with van der Waals surface area (Å²) < 4.78 is 0. The van der Waals surface area contributed by atoms with Gasteiger partial charge in [0.05, 0.1) is 10.9 Å². The van der Waals surface area contributed by atoms with Gasteiger partial charge in [0.2, 0.25) is 0 Å². The van der Waals surface area contributed by atoms with E-state index < -0.39 is 5.54 Å². The summed E-state index contributed by atoms with van der Waals surface area (Å²) in [5, 5.41) is 14.1. The molecule has 0 bridgehead atoms. The Morgan fingerprint density at radius 3 is 2.72 bits per heavy atom. The number of hydrogen-bond donors (Lipinski definition) is 0. The van der Waals surface area contributed by atoms with Crippen LogP contribution < -0.4 is 0 Å². The zero-order valence-electron chi connectivity index (χ0n) is 9.62. The molecule has 5 heteroatoms. The van der Waals surface area contributed by atoms with Gasteiger partial charge in [0.25, 0.3) is 0 Å². The molecule has 0 aliphatic rings. The minimum absolute atomic E-state index is 0.603. The van der Waals surface area contributed by atoms with Gasteiger partial charge in [0.15, 0.2) is 5.54 Å². The van der Waals surface area contributed by atoms with Crippen molar-refractivity contribution in [3.63, 3.8) is 0 Å². The van der Waals surface area contributed by atoms with E-state index in [1.165, 1.54) is 11.3 Å². The number of aliphatic imine (C=N–C) groups is 1. The molecule has 1 aromatic heterocycles. The van der Waals surface area contributed by atoms with Gasteiger partial charge in [-0.1, -0.05) is 30.3 Å². The van der Waals surface area contributed by atoms with Crippen LogP contribution >= 0.6 is 23.6 Å². The van der Waals surface area contributed by atoms with Crippen LogP contribution in [0.2, 0.25) is 0 Å². The summed E-state index contributed by atoms with van der Waals surface area (Å²) in [7, 11) is 0. The minimum Gasteiger partial charge on any atom is -0.237 e. The summed E-state index contributed by atoms with van der Waals surface area (Å²) in [5.74, 6) is 0. The number of thiocarbonyl (C=S) groups is 1. The molecule has 0 unspecified atom stereocenters. The molecule has 0 saturated carbocycles. The fourth-order valence-corrected chi connectivity index (χ4v) is 2.55. The lowest BCUT2D eigenvalue weighted by Crippen LogP contribution is -2.16. The predicted octanol–water partition coefficient (Wildman–Crippen LogP) is 3.65. The highest BCUT2D eigenvalue weighted by Crippen LogP contribution is 2.30. The first kappa shape index (κ1) is 12.6. The average molecular weight is 271 g/mol. The van der Waals surface area contributed by atoms with E-state index in [1.54, 1.807) is 6.92 Å². The summed E-state index contributed by atoms with van der Waals surface area (Å²) in [6, 6.07) is 11.9. The van der Waals surface area contributed by atoms with Crippen LogP contribution in [0.25, 0.3) is 10.6 Å². The number of hydrogen-bond acceptors (Lipinski definition) is 5. The zero-order chi connectivity index (χ0) is 13.0. The third-order valence-corrected chi connectivity index (χ3v) is 3.49. The van der Waals surface area contributed by atoms with E-state index in [2.05, 4.69) is 33.4 Å². The molecule has 0 radical (unpaired) electrons. The lowest BCUT2D eigenvalue weighted by Gasteiger charge is -2.10. The van der Waals surface area contributed by atoms with Crippen molar-refractivity contribution in [3.05, 3.63) is 41.4 Å². The van der Waals surface area contributed by atoms with Crippen molar-refractivity contribution < 1.29 is 0 Å². The molecule has 0 N–H and O–H groups in total. The van der Waals surface area contributed by atoms with Crippen LogP contribution in [-0.2, 0) is 5.54 Å². The van der Waals surface area contributed by atoms with Crippen LogP contribution in [0.1, 0.15) is 12.6 Å². The van der Waals surface area contributed by atoms with Crippen molar-refractivity contribution in [3.8, 4) is 16.6 Å². The molecule has 1 aromatic carbocycles. The molecule has 18 heavy (non-hydrogen) atoms. The molecule has 0 amide bonds. The molecule has 2 rings (SSSR count). The van der Waals surface area contributed by atoms with E-state index in [-0.39, 0.29) is 0 Å². The van der Waals surface area contributed by atoms with Crippen LogP contribution in [-0.4, -0.2) is 10.1 Å². The van der Waals surface area contributed by atoms with Crippen molar-refractivity contribution in [1.82, 2.24) is 4.98 Å². The molecular formula is C13H9N3S2. The maximum atomic E-state index is 9.18. The topological polar surface area (TPSA) is 49.0 Å². The molecule has 1 heterocycles. The van der Waals surface area contributed by atoms with Gasteiger partial charge in [-0.05, 0) is 19.1 Å². The third kappa shape index (κ3) is 2.36. The number of aromatic nitrogens is 1. The summed E-state index contributed by atoms with van der Waals surface area (Å²) in [6.45, 7) is 1.68. The first-order valence-electron chi connectivity index (χ1n) is 5.21. The maximum absolute atomic E-state index is 9.18. The molecule has 0 fully saturated rings. The Morgan fingerprint density at radius 1 is 1.39 bits per heavy atom. The Bertz CT molecular complexity index is 636. The normalized spacial score (nSPS) is 13.1. The van der Waals surface area contributed by atoms with Crippen LogP contribution in [0.4, 0.5) is 0 Å². The Balaban J connectivity index is 2.43. The van der Waals surface area contributed by atoms with Crippen molar-refractivity contribution in [2.75, 3.05) is 0 Å². The molecule has 0 spiro atoms. The predicted molar refractivity (Wildman–Crippen MR) is 75.5 cm³/mol. The fraction of sp³-hybridized carbons (Fsp3) is 0.154. The van der Waals surface area contributed by atoms with Gasteiger partial charge in [0.1, 0.15) is 11.1 Å². The number of isothiocyanates is 1. The Morgan fingerprint density at radius 2 is 2.11 bits per heavy atom. The number of benzene rings is 1. The largest absolute Gasteiger partial charge is 0.237 e. The second kappa shape index (κ2) is 5.19. The Hall–Kier alpha value is -1.86. The highest BCUT2D eigenvalue weighted by atomic mass is 32.1. The molecule has 2 aromatic rings. The van der Waals surface area contributed by atoms with Gasteiger partial charge in [-0.3, -0.25) is 0 Å². The average Bonchev–Trinajstić information content (AvgIpc) is 2.90. The van der Waals surface area contributed by atoms with Crippen LogP contribution in [0.3, 0.4) is 0 Å². The Labute approximate surface area is 114 Å². The second-order valence-electron chi connectivity index (χ2n) is 3.79. The van der Waals surface area contributed by atoms with E-state index in [9.17, 15) is 5.26 Å². The highest BCUT2D eigenvalue weighted by molar-refractivity contribution is 7.78. The van der Waals surface area contributed by atoms with E-state index in [1.807, 2.05) is 35.7 Å². The number of nitrogens with zero attached hydrogens (tertiary/aromatic N) is 3. The molecule has 1 atom stereocenters. The summed E-state index contributed by atoms with van der Waals surface area (Å²) in [5.41, 5.74) is 0.581. The van der Waals surface area contributed by atoms with Crippen molar-refractivity contribution in [1.29, 1.82) is 5.26 Å². The standard InChI is InChI=1S/C13H9N3S2/c1-13(8-14,15-9-17)11-7-18-12(16-11)10-5-3-2-4-6-10/h2-7H,1H3/t13-/m0/s1. The number of thiazole rings is 1. The van der Waals surface area contributed by atoms with Gasteiger partial charge >= 0.3 is 0 Å². The van der Waals surface area contributed by atoms with Gasteiger partial charge in [-0.2, -0.15) is 5.26 Å². The smallest absolute Gasteiger partial charge is 0.196 e. The molecular weight excluding hydrogens is 262 g/mol. The van der Waals surface area contributed by atoms with E-state index in [0.717, 1.165) is 10.6 Å². The lowest BCUT2D eigenvalue weighted by molar-refractivity contribution is 0.636. The van der Waals surface area contributed by atoms with Gasteiger partial charge in [-0.15, -0.1) is 11.3 Å². The summed E-state index contributed by atoms with van der Waals surface area (Å²) >= 11 is 6.06. The van der Waals surface area contributed by atoms with Crippen molar-refractivity contribution in [2.45, 2.75) is 12.5 Å². The highest BCUT2D eigenvalue weighted by Gasteiger charge is 2.28. The molecule has 88 valence electrons. The molecule has 0 aliphatic heterocycles. The molecule has 0 saturated heterocycles. The minimum atomic E-state index is -1.05. The Kier molecular flexibility index (Phi) is 3.63. The zero-order valence-corrected chi connectivity index (χ0v) is 11.3. The van der Waals surface area contributed by atoms with Crippen LogP contribution in [0.15, 0.2) is 40.7 Å². The summed E-state index contributed by atoms with van der Waals surface area (Å²) in [4.78, 5) is 8.36. The molecule has 0 aliphatic carbocycles. The van der Waals surface area contributed by atoms with Crippen LogP contribution in [0, 0.1) is 11.3 Å². The quantitative estimate of drug-likeness (QED) is 0.632. The van der Waals surface area contributed by atoms with Crippen molar-refractivity contribution >= 4 is 28.7 Å². The van der Waals surface area contributed by atoms with Crippen LogP contribution in [0.5, 0.6) is 0 Å². The van der Waals surface area contributed by atoms with E-state index in [4.69, 9.17) is 0 Å². The first-order chi connectivity index (χ1) is 8.69. The SMILES string of the molecule is C[C@@](C#N)(N=C=S)c1csc(-c2ccccc2)n1. The van der Waals surface area contributed by atoms with Crippen molar-refractivity contribution in [2.24, 2.45) is 4.99 Å². The first-order valence-corrected chi connectivity index (χ1v) is 6.50. The van der Waals surface area contributed by atoms with E-state index >= 15 is 0 Å². The van der Waals surface area contributed by atoms with Gasteiger partial charge in [0, 0.05) is 10.9 Å². The molecule has 3 nitrogen and oxygen atoms in total. The lowest BCUT2D eigenvalue weighted by atomic mass is 10.0. The van der Waals surface area contributed by atoms with E-state index in [0.29, 0.717) is 5.69 Å². The third-order valence-electron chi connectivity index (χ3n) is 2.51. The summed E-state index contributed by atoms with van der Waals surface area (Å²) in [6.07, 6.45) is 0. The number of rotatable bonds is 3. The van der Waals surface area contributed by atoms with Gasteiger partial charge in [-0.25, -0.2) is 9.98 Å². The fourth-order valence-electron chi connectivity index (χ4n) is 1.44. The maximum Gasteiger partial charge on any atom is 0.196 e. The van der Waals surface area contributed by atoms with Gasteiger partial charge < -0.3 is 0 Å². The monoisotopic (exact) mass is 271 g/mol. The second-order valence-corrected chi connectivity index (χ2v) is 4.83. The number of nitriles is 1.